The van der Waals surface area contributed by atoms with Gasteiger partial charge < -0.3 is 10.1 Å². The van der Waals surface area contributed by atoms with Crippen LogP contribution in [0.5, 0.6) is 0 Å². The summed E-state index contributed by atoms with van der Waals surface area (Å²) in [5, 5.41) is 9.89. The van der Waals surface area contributed by atoms with Crippen LogP contribution < -0.4 is 0 Å². The summed E-state index contributed by atoms with van der Waals surface area (Å²) in [5.74, 6) is -0.906. The molecule has 1 aromatic carbocycles. The second-order valence-corrected chi connectivity index (χ2v) is 3.48. The van der Waals surface area contributed by atoms with E-state index >= 15 is 0 Å². The van der Waals surface area contributed by atoms with Crippen LogP contribution in [0.25, 0.3) is 10.9 Å². The van der Waals surface area contributed by atoms with Gasteiger partial charge in [-0.3, -0.25) is 0 Å². The van der Waals surface area contributed by atoms with Crippen LogP contribution in [0.3, 0.4) is 0 Å². The van der Waals surface area contributed by atoms with Crippen LogP contribution >= 0.6 is 0 Å². The minimum Gasteiger partial charge on any atom is -0.477 e. The Hall–Kier alpha value is -1.77. The Morgan fingerprint density at radius 1 is 1.11 bits per heavy atom. The highest BCUT2D eigenvalue weighted by Gasteiger charge is 2.12. The topological polar surface area (TPSA) is 53.1 Å². The van der Waals surface area contributed by atoms with Crippen molar-refractivity contribution in [2.45, 2.75) is 41.5 Å². The number of nitrogens with one attached hydrogen (secondary N) is 1. The Bertz CT molecular complexity index is 512. The van der Waals surface area contributed by atoms with Gasteiger partial charge in [0.15, 0.2) is 0 Å². The smallest absolute Gasteiger partial charge is 0.352 e. The van der Waals surface area contributed by atoms with E-state index in [0.29, 0.717) is 0 Å². The molecule has 2 rings (SSSR count). The standard InChI is InChI=1S/C11H11NO2.2C2H6/c1-6-3-4-9-8(5-6)7(2)10(12-9)11(13)14;2*1-2/h3-5,12H,1-2H3,(H,13,14);2*1-2H3. The van der Waals surface area contributed by atoms with E-state index in [4.69, 9.17) is 5.11 Å². The monoisotopic (exact) mass is 249 g/mol. The maximum Gasteiger partial charge on any atom is 0.352 e. The van der Waals surface area contributed by atoms with Gasteiger partial charge >= 0.3 is 5.97 Å². The number of aromatic nitrogens is 1. The molecule has 3 heteroatoms. The fraction of sp³-hybridized carbons (Fsp3) is 0.400. The second kappa shape index (κ2) is 7.54. The van der Waals surface area contributed by atoms with Gasteiger partial charge in [0.2, 0.25) is 0 Å². The maximum atomic E-state index is 10.8. The van der Waals surface area contributed by atoms with Crippen molar-refractivity contribution < 1.29 is 9.90 Å². The minimum atomic E-state index is -0.906. The van der Waals surface area contributed by atoms with Crippen molar-refractivity contribution in [2.75, 3.05) is 0 Å². The van der Waals surface area contributed by atoms with Crippen molar-refractivity contribution in [3.05, 3.63) is 35.0 Å². The highest BCUT2D eigenvalue weighted by molar-refractivity contribution is 5.97. The van der Waals surface area contributed by atoms with E-state index in [1.807, 2.05) is 59.7 Å². The quantitative estimate of drug-likeness (QED) is 0.779. The molecule has 0 aliphatic heterocycles. The normalized spacial score (nSPS) is 9.00. The van der Waals surface area contributed by atoms with Gasteiger partial charge in [-0.2, -0.15) is 0 Å². The van der Waals surface area contributed by atoms with E-state index in [2.05, 4.69) is 4.98 Å². The lowest BCUT2D eigenvalue weighted by Crippen LogP contribution is -1.97. The maximum absolute atomic E-state index is 10.8. The lowest BCUT2D eigenvalue weighted by Gasteiger charge is -1.93. The van der Waals surface area contributed by atoms with Crippen LogP contribution in [0.15, 0.2) is 18.2 Å². The molecule has 0 unspecified atom stereocenters. The molecule has 0 aliphatic rings. The number of fused-ring (bicyclic) bond motifs is 1. The molecule has 1 aromatic heterocycles. The number of aromatic carboxylic acids is 1. The third-order valence-corrected chi connectivity index (χ3v) is 2.43. The lowest BCUT2D eigenvalue weighted by molar-refractivity contribution is 0.0691. The van der Waals surface area contributed by atoms with Crippen LogP contribution in [0, 0.1) is 13.8 Å². The molecule has 0 saturated heterocycles. The fourth-order valence-corrected chi connectivity index (χ4v) is 1.65. The summed E-state index contributed by atoms with van der Waals surface area (Å²) >= 11 is 0. The van der Waals surface area contributed by atoms with Crippen molar-refractivity contribution in [3.63, 3.8) is 0 Å². The van der Waals surface area contributed by atoms with Crippen LogP contribution in [-0.2, 0) is 0 Å². The Balaban J connectivity index is 0.000000659. The SMILES string of the molecule is CC.CC.Cc1ccc2[nH]c(C(=O)O)c(C)c2c1. The number of carboxylic acids is 1. The number of aryl methyl sites for hydroxylation is 2. The Morgan fingerprint density at radius 2 is 1.67 bits per heavy atom. The van der Waals surface area contributed by atoms with Gasteiger partial charge in [0.25, 0.3) is 0 Å². The van der Waals surface area contributed by atoms with Crippen LogP contribution in [0.2, 0.25) is 0 Å². The predicted molar refractivity (Wildman–Crippen MR) is 77.4 cm³/mol. The van der Waals surface area contributed by atoms with Gasteiger partial charge in [0.1, 0.15) is 5.69 Å². The molecule has 3 nitrogen and oxygen atoms in total. The van der Waals surface area contributed by atoms with Crippen molar-refractivity contribution in [1.29, 1.82) is 0 Å². The number of H-pyrrole nitrogens is 1. The van der Waals surface area contributed by atoms with Crippen molar-refractivity contribution in [2.24, 2.45) is 0 Å². The molecule has 18 heavy (non-hydrogen) atoms. The molecule has 0 saturated carbocycles. The van der Waals surface area contributed by atoms with Gasteiger partial charge in [-0.05, 0) is 31.5 Å². The number of benzene rings is 1. The summed E-state index contributed by atoms with van der Waals surface area (Å²) in [6, 6.07) is 5.86. The summed E-state index contributed by atoms with van der Waals surface area (Å²) in [4.78, 5) is 13.7. The third kappa shape index (κ3) is 3.36. The largest absolute Gasteiger partial charge is 0.477 e. The summed E-state index contributed by atoms with van der Waals surface area (Å²) in [5.41, 5.74) is 3.10. The van der Waals surface area contributed by atoms with Gasteiger partial charge in [0.05, 0.1) is 0 Å². The van der Waals surface area contributed by atoms with Crippen LogP contribution in [-0.4, -0.2) is 16.1 Å². The summed E-state index contributed by atoms with van der Waals surface area (Å²) in [7, 11) is 0. The van der Waals surface area contributed by atoms with Crippen molar-refractivity contribution >= 4 is 16.9 Å². The van der Waals surface area contributed by atoms with Gasteiger partial charge in [0, 0.05) is 10.9 Å². The van der Waals surface area contributed by atoms with E-state index in [9.17, 15) is 4.79 Å². The molecule has 0 bridgehead atoms. The van der Waals surface area contributed by atoms with E-state index in [-0.39, 0.29) is 5.69 Å². The number of carboxylic acid groups (broad SMARTS) is 1. The molecule has 0 spiro atoms. The number of rotatable bonds is 1. The average molecular weight is 249 g/mol. The molecule has 2 N–H and O–H groups in total. The zero-order valence-electron chi connectivity index (χ0n) is 12.1. The lowest BCUT2D eigenvalue weighted by atomic mass is 10.1. The predicted octanol–water partition coefficient (Wildman–Crippen LogP) is 4.54. The highest BCUT2D eigenvalue weighted by Crippen LogP contribution is 2.22. The van der Waals surface area contributed by atoms with E-state index in [1.165, 1.54) is 0 Å². The molecule has 0 atom stereocenters. The molecule has 0 amide bonds. The number of carbonyl (C=O) groups is 1. The number of aromatic amines is 1. The van der Waals surface area contributed by atoms with Crippen molar-refractivity contribution in [1.82, 2.24) is 4.98 Å². The number of hydrogen-bond donors (Lipinski definition) is 2. The average Bonchev–Trinajstić information content (AvgIpc) is 2.72. The zero-order valence-corrected chi connectivity index (χ0v) is 12.1. The number of hydrogen-bond acceptors (Lipinski definition) is 1. The first-order valence-corrected chi connectivity index (χ1v) is 6.42. The zero-order chi connectivity index (χ0) is 14.3. The Kier molecular flexibility index (Phi) is 6.79. The third-order valence-electron chi connectivity index (χ3n) is 2.43. The van der Waals surface area contributed by atoms with Crippen LogP contribution in [0.1, 0.15) is 49.3 Å². The van der Waals surface area contributed by atoms with Gasteiger partial charge in [-0.25, -0.2) is 4.79 Å². The van der Waals surface area contributed by atoms with E-state index in [1.54, 1.807) is 0 Å². The molecule has 0 aliphatic carbocycles. The fourth-order valence-electron chi connectivity index (χ4n) is 1.65. The van der Waals surface area contributed by atoms with Gasteiger partial charge in [-0.15, -0.1) is 0 Å². The highest BCUT2D eigenvalue weighted by atomic mass is 16.4. The first kappa shape index (κ1) is 16.2. The van der Waals surface area contributed by atoms with E-state index in [0.717, 1.165) is 22.0 Å². The Morgan fingerprint density at radius 3 is 2.17 bits per heavy atom. The van der Waals surface area contributed by atoms with Crippen LogP contribution in [0.4, 0.5) is 0 Å². The first-order chi connectivity index (χ1) is 8.59. The molecule has 0 fully saturated rings. The molecular formula is C15H23NO2. The Labute approximate surface area is 109 Å². The minimum absolute atomic E-state index is 0.283. The van der Waals surface area contributed by atoms with Gasteiger partial charge in [-0.1, -0.05) is 39.3 Å². The molecular weight excluding hydrogens is 226 g/mol. The first-order valence-electron chi connectivity index (χ1n) is 6.42. The second-order valence-electron chi connectivity index (χ2n) is 3.48. The summed E-state index contributed by atoms with van der Waals surface area (Å²) in [6.45, 7) is 11.8. The molecule has 100 valence electrons. The summed E-state index contributed by atoms with van der Waals surface area (Å²) in [6.07, 6.45) is 0. The van der Waals surface area contributed by atoms with Crippen molar-refractivity contribution in [3.8, 4) is 0 Å². The summed E-state index contributed by atoms with van der Waals surface area (Å²) < 4.78 is 0. The molecule has 0 radical (unpaired) electrons. The van der Waals surface area contributed by atoms with E-state index < -0.39 is 5.97 Å². The molecule has 2 aromatic rings. The molecule has 1 heterocycles.